The Balaban J connectivity index is 0.00000363. The molecule has 0 heterocycles. The van der Waals surface area contributed by atoms with E-state index in [2.05, 4.69) is 15.6 Å². The highest BCUT2D eigenvalue weighted by molar-refractivity contribution is 14.0. The fraction of sp³-hybridized carbons (Fsp3) is 0.435. The van der Waals surface area contributed by atoms with E-state index >= 15 is 0 Å². The van der Waals surface area contributed by atoms with Gasteiger partial charge >= 0.3 is 0 Å². The number of rotatable bonds is 8. The zero-order valence-electron chi connectivity index (χ0n) is 18.3. The third-order valence-electron chi connectivity index (χ3n) is 5.70. The van der Waals surface area contributed by atoms with Crippen LogP contribution in [0.15, 0.2) is 47.5 Å². The van der Waals surface area contributed by atoms with Crippen molar-refractivity contribution in [2.45, 2.75) is 43.9 Å². The molecule has 3 rings (SSSR count). The number of sulfone groups is 1. The van der Waals surface area contributed by atoms with Crippen molar-refractivity contribution in [1.82, 2.24) is 10.6 Å². The lowest BCUT2D eigenvalue weighted by molar-refractivity contribution is 0.243. The average Bonchev–Trinajstić information content (AvgIpc) is 2.67. The molecule has 2 aromatic carbocycles. The zero-order valence-corrected chi connectivity index (χ0v) is 21.5. The Morgan fingerprint density at radius 1 is 1.03 bits per heavy atom. The highest BCUT2D eigenvalue weighted by Crippen LogP contribution is 2.43. The van der Waals surface area contributed by atoms with Crippen molar-refractivity contribution in [2.75, 3.05) is 19.3 Å². The summed E-state index contributed by atoms with van der Waals surface area (Å²) in [5.74, 6) is -0.257. The van der Waals surface area contributed by atoms with Crippen LogP contribution in [0.25, 0.3) is 0 Å². The quantitative estimate of drug-likeness (QED) is 0.279. The van der Waals surface area contributed by atoms with Gasteiger partial charge in [0.2, 0.25) is 0 Å². The molecule has 0 saturated heterocycles. The van der Waals surface area contributed by atoms with Gasteiger partial charge in [-0.2, -0.15) is 0 Å². The fourth-order valence-electron chi connectivity index (χ4n) is 3.90. The third kappa shape index (κ3) is 7.13. The second-order valence-corrected chi connectivity index (χ2v) is 10.3. The largest absolute Gasteiger partial charge is 0.357 e. The molecule has 0 aliphatic heterocycles. The molecule has 2 aromatic rings. The van der Waals surface area contributed by atoms with Gasteiger partial charge in [0.1, 0.15) is 11.6 Å². The third-order valence-corrected chi connectivity index (χ3v) is 6.53. The van der Waals surface area contributed by atoms with E-state index in [-0.39, 0.29) is 47.5 Å². The average molecular weight is 577 g/mol. The molecule has 1 aliphatic carbocycles. The minimum atomic E-state index is -3.25. The van der Waals surface area contributed by atoms with Gasteiger partial charge in [0.15, 0.2) is 15.8 Å². The molecule has 1 fully saturated rings. The molecule has 1 aliphatic rings. The van der Waals surface area contributed by atoms with Gasteiger partial charge in [-0.25, -0.2) is 22.2 Å². The Kier molecular flexibility index (Phi) is 9.44. The minimum Gasteiger partial charge on any atom is -0.357 e. The van der Waals surface area contributed by atoms with Crippen molar-refractivity contribution in [3.8, 4) is 0 Å². The minimum absolute atomic E-state index is 0. The molecule has 1 saturated carbocycles. The van der Waals surface area contributed by atoms with E-state index < -0.39 is 15.7 Å². The number of nitrogens with one attached hydrogen (secondary N) is 2. The Hall–Kier alpha value is -1.75. The SMILES string of the molecule is CCNC(=NCc1cc(F)ccc1CS(C)(=O)=O)NCC1(c2ccc(F)cc2)CCC1.I. The van der Waals surface area contributed by atoms with Crippen molar-refractivity contribution in [1.29, 1.82) is 0 Å². The van der Waals surface area contributed by atoms with E-state index in [9.17, 15) is 17.2 Å². The standard InChI is InChI=1S/C23H29F2N3O2S.HI/c1-3-26-22(27-14-18-13-21(25)8-5-17(18)15-31(2,29)30)28-16-23(11-4-12-23)19-6-9-20(24)10-7-19;/h5-10,13H,3-4,11-12,14-16H2,1-2H3,(H2,26,27,28);1H. The Labute approximate surface area is 206 Å². The molecular weight excluding hydrogens is 547 g/mol. The van der Waals surface area contributed by atoms with Crippen LogP contribution in [0.1, 0.15) is 42.9 Å². The summed E-state index contributed by atoms with van der Waals surface area (Å²) in [4.78, 5) is 4.56. The zero-order chi connectivity index (χ0) is 22.5. The topological polar surface area (TPSA) is 70.6 Å². The number of guanidine groups is 1. The van der Waals surface area contributed by atoms with E-state index in [0.717, 1.165) is 31.1 Å². The number of hydrogen-bond donors (Lipinski definition) is 2. The smallest absolute Gasteiger partial charge is 0.191 e. The predicted octanol–water partition coefficient (Wildman–Crippen LogP) is 4.30. The van der Waals surface area contributed by atoms with Crippen LogP contribution in [0.4, 0.5) is 8.78 Å². The highest BCUT2D eigenvalue weighted by atomic mass is 127. The second-order valence-electron chi connectivity index (χ2n) is 8.17. The maximum Gasteiger partial charge on any atom is 0.191 e. The first-order chi connectivity index (χ1) is 14.7. The molecule has 0 spiro atoms. The lowest BCUT2D eigenvalue weighted by Gasteiger charge is -2.43. The van der Waals surface area contributed by atoms with E-state index in [4.69, 9.17) is 0 Å². The van der Waals surface area contributed by atoms with Gasteiger partial charge in [0.25, 0.3) is 0 Å². The van der Waals surface area contributed by atoms with Crippen LogP contribution in [0.2, 0.25) is 0 Å². The van der Waals surface area contributed by atoms with Crippen molar-refractivity contribution in [3.05, 3.63) is 70.8 Å². The molecular formula is C23H30F2IN3O2S. The maximum absolute atomic E-state index is 13.8. The van der Waals surface area contributed by atoms with E-state index in [0.29, 0.717) is 30.2 Å². The molecule has 32 heavy (non-hydrogen) atoms. The first kappa shape index (κ1) is 26.5. The number of halogens is 3. The van der Waals surface area contributed by atoms with Gasteiger partial charge in [0.05, 0.1) is 12.3 Å². The van der Waals surface area contributed by atoms with E-state index in [1.54, 1.807) is 0 Å². The van der Waals surface area contributed by atoms with Crippen LogP contribution in [0, 0.1) is 11.6 Å². The normalized spacial score (nSPS) is 15.4. The summed E-state index contributed by atoms with van der Waals surface area (Å²) in [6.45, 7) is 3.40. The summed E-state index contributed by atoms with van der Waals surface area (Å²) in [6, 6.07) is 10.7. The molecule has 0 amide bonds. The molecule has 0 aromatic heterocycles. The lowest BCUT2D eigenvalue weighted by Crippen LogP contribution is -2.48. The summed E-state index contributed by atoms with van der Waals surface area (Å²) in [7, 11) is -3.25. The van der Waals surface area contributed by atoms with Crippen LogP contribution < -0.4 is 10.6 Å². The highest BCUT2D eigenvalue weighted by Gasteiger charge is 2.38. The van der Waals surface area contributed by atoms with Crippen LogP contribution >= 0.6 is 24.0 Å². The van der Waals surface area contributed by atoms with Gasteiger partial charge in [-0.3, -0.25) is 0 Å². The number of hydrogen-bond acceptors (Lipinski definition) is 3. The monoisotopic (exact) mass is 577 g/mol. The van der Waals surface area contributed by atoms with Crippen molar-refractivity contribution >= 4 is 39.8 Å². The van der Waals surface area contributed by atoms with Gasteiger partial charge in [-0.1, -0.05) is 24.6 Å². The molecule has 0 radical (unpaired) electrons. The van der Waals surface area contributed by atoms with Gasteiger partial charge in [-0.15, -0.1) is 24.0 Å². The molecule has 2 N–H and O–H groups in total. The summed E-state index contributed by atoms with van der Waals surface area (Å²) in [5, 5.41) is 6.55. The van der Waals surface area contributed by atoms with Crippen LogP contribution in [-0.4, -0.2) is 33.7 Å². The lowest BCUT2D eigenvalue weighted by atomic mass is 9.64. The molecule has 9 heteroatoms. The van der Waals surface area contributed by atoms with E-state index in [1.165, 1.54) is 30.3 Å². The summed E-state index contributed by atoms with van der Waals surface area (Å²) >= 11 is 0. The van der Waals surface area contributed by atoms with Crippen LogP contribution in [-0.2, 0) is 27.5 Å². The maximum atomic E-state index is 13.8. The summed E-state index contributed by atoms with van der Waals surface area (Å²) < 4.78 is 50.5. The molecule has 0 unspecified atom stereocenters. The molecule has 5 nitrogen and oxygen atoms in total. The second kappa shape index (κ2) is 11.4. The van der Waals surface area contributed by atoms with Crippen molar-refractivity contribution in [2.24, 2.45) is 4.99 Å². The first-order valence-corrected chi connectivity index (χ1v) is 12.5. The Bertz CT molecular complexity index is 1040. The number of benzene rings is 2. The number of aliphatic imine (C=N–C) groups is 1. The summed E-state index contributed by atoms with van der Waals surface area (Å²) in [5.41, 5.74) is 2.12. The van der Waals surface area contributed by atoms with Crippen LogP contribution in [0.5, 0.6) is 0 Å². The van der Waals surface area contributed by atoms with Gasteiger partial charge < -0.3 is 10.6 Å². The van der Waals surface area contributed by atoms with E-state index in [1.807, 2.05) is 19.1 Å². The number of nitrogens with zero attached hydrogens (tertiary/aromatic N) is 1. The fourth-order valence-corrected chi connectivity index (χ4v) is 4.74. The Morgan fingerprint density at radius 3 is 2.25 bits per heavy atom. The van der Waals surface area contributed by atoms with Crippen molar-refractivity contribution in [3.63, 3.8) is 0 Å². The van der Waals surface area contributed by atoms with Gasteiger partial charge in [0, 0.05) is 24.8 Å². The van der Waals surface area contributed by atoms with Crippen molar-refractivity contribution < 1.29 is 17.2 Å². The first-order valence-electron chi connectivity index (χ1n) is 10.4. The summed E-state index contributed by atoms with van der Waals surface area (Å²) in [6.07, 6.45) is 4.29. The van der Waals surface area contributed by atoms with Gasteiger partial charge in [-0.05, 0) is 60.7 Å². The molecule has 0 bridgehead atoms. The predicted molar refractivity (Wildman–Crippen MR) is 135 cm³/mol. The Morgan fingerprint density at radius 2 is 1.69 bits per heavy atom. The molecule has 0 atom stereocenters. The molecule has 176 valence electrons. The van der Waals surface area contributed by atoms with Crippen LogP contribution in [0.3, 0.4) is 0 Å².